The predicted octanol–water partition coefficient (Wildman–Crippen LogP) is 1.73. The minimum atomic E-state index is -0.0369. The molecule has 2 saturated heterocycles. The molecule has 2 amide bonds. The first-order chi connectivity index (χ1) is 11.1. The van der Waals surface area contributed by atoms with E-state index in [1.165, 1.54) is 0 Å². The molecule has 0 bridgehead atoms. The maximum atomic E-state index is 12.6. The second-order valence-corrected chi connectivity index (χ2v) is 6.49. The highest BCUT2D eigenvalue weighted by molar-refractivity contribution is 6.31. The monoisotopic (exact) mass is 336 g/mol. The van der Waals surface area contributed by atoms with Crippen molar-refractivity contribution in [2.24, 2.45) is 0 Å². The molecule has 2 aliphatic heterocycles. The average Bonchev–Trinajstić information content (AvgIpc) is 2.55. The van der Waals surface area contributed by atoms with Crippen molar-refractivity contribution >= 4 is 23.4 Å². The third kappa shape index (κ3) is 3.51. The standard InChI is InChI=1S/C17H21ClN2O3/c1-12(21)20-8-9-23-16-6-7-19(11-15(16)20)17(22)10-13-4-2-3-5-14(13)18/h2-5,15-16H,6-11H2,1H3. The molecule has 0 saturated carbocycles. The first kappa shape index (κ1) is 16.3. The quantitative estimate of drug-likeness (QED) is 0.826. The van der Waals surface area contributed by atoms with Gasteiger partial charge in [0.1, 0.15) is 0 Å². The molecule has 1 aromatic carbocycles. The first-order valence-corrected chi connectivity index (χ1v) is 8.34. The molecule has 2 fully saturated rings. The summed E-state index contributed by atoms with van der Waals surface area (Å²) in [6, 6.07) is 7.37. The van der Waals surface area contributed by atoms with Crippen LogP contribution in [-0.4, -0.2) is 60.0 Å². The number of hydrogen-bond acceptors (Lipinski definition) is 3. The highest BCUT2D eigenvalue weighted by atomic mass is 35.5. The van der Waals surface area contributed by atoms with E-state index in [9.17, 15) is 9.59 Å². The first-order valence-electron chi connectivity index (χ1n) is 7.96. The third-order valence-corrected chi connectivity index (χ3v) is 5.01. The largest absolute Gasteiger partial charge is 0.374 e. The van der Waals surface area contributed by atoms with Crippen molar-refractivity contribution in [3.63, 3.8) is 0 Å². The minimum absolute atomic E-state index is 0.0369. The highest BCUT2D eigenvalue weighted by Crippen LogP contribution is 2.24. The lowest BCUT2D eigenvalue weighted by Crippen LogP contribution is -2.61. The number of piperidine rings is 1. The number of rotatable bonds is 2. The maximum Gasteiger partial charge on any atom is 0.227 e. The summed E-state index contributed by atoms with van der Waals surface area (Å²) in [6.45, 7) is 3.95. The van der Waals surface area contributed by atoms with Crippen molar-refractivity contribution in [1.82, 2.24) is 9.80 Å². The fourth-order valence-electron chi connectivity index (χ4n) is 3.41. The van der Waals surface area contributed by atoms with E-state index in [4.69, 9.17) is 16.3 Å². The molecule has 6 heteroatoms. The Morgan fingerprint density at radius 2 is 2.09 bits per heavy atom. The molecule has 0 spiro atoms. The third-order valence-electron chi connectivity index (χ3n) is 4.64. The lowest BCUT2D eigenvalue weighted by molar-refractivity contribution is -0.155. The number of fused-ring (bicyclic) bond motifs is 1. The van der Waals surface area contributed by atoms with Gasteiger partial charge in [-0.05, 0) is 18.1 Å². The Hall–Kier alpha value is -1.59. The number of morpholine rings is 1. The maximum absolute atomic E-state index is 12.6. The zero-order valence-corrected chi connectivity index (χ0v) is 14.0. The van der Waals surface area contributed by atoms with Gasteiger partial charge in [0.05, 0.1) is 25.2 Å². The molecule has 0 aromatic heterocycles. The molecule has 0 aliphatic carbocycles. The number of benzene rings is 1. The second-order valence-electron chi connectivity index (χ2n) is 6.09. The van der Waals surface area contributed by atoms with E-state index in [-0.39, 0.29) is 30.4 Å². The van der Waals surface area contributed by atoms with Crippen LogP contribution in [0.2, 0.25) is 5.02 Å². The predicted molar refractivity (Wildman–Crippen MR) is 87.3 cm³/mol. The lowest BCUT2D eigenvalue weighted by Gasteiger charge is -2.46. The van der Waals surface area contributed by atoms with Crippen molar-refractivity contribution in [3.05, 3.63) is 34.9 Å². The van der Waals surface area contributed by atoms with Gasteiger partial charge in [0.15, 0.2) is 0 Å². The molecule has 2 aliphatic rings. The van der Waals surface area contributed by atoms with Gasteiger partial charge in [-0.25, -0.2) is 0 Å². The van der Waals surface area contributed by atoms with E-state index in [1.807, 2.05) is 28.0 Å². The van der Waals surface area contributed by atoms with Crippen LogP contribution >= 0.6 is 11.6 Å². The Morgan fingerprint density at radius 1 is 1.30 bits per heavy atom. The number of amides is 2. The Kier molecular flexibility index (Phi) is 4.87. The molecule has 2 unspecified atom stereocenters. The van der Waals surface area contributed by atoms with Crippen molar-refractivity contribution in [2.45, 2.75) is 31.9 Å². The molecule has 124 valence electrons. The SMILES string of the molecule is CC(=O)N1CCOC2CCN(C(=O)Cc3ccccc3Cl)CC21. The molecule has 0 N–H and O–H groups in total. The van der Waals surface area contributed by atoms with Crippen LogP contribution in [0, 0.1) is 0 Å². The molecule has 23 heavy (non-hydrogen) atoms. The van der Waals surface area contributed by atoms with Crippen LogP contribution in [0.4, 0.5) is 0 Å². The van der Waals surface area contributed by atoms with Gasteiger partial charge in [-0.15, -0.1) is 0 Å². The number of halogens is 1. The normalized spacial score (nSPS) is 24.3. The van der Waals surface area contributed by atoms with Crippen LogP contribution in [0.1, 0.15) is 18.9 Å². The van der Waals surface area contributed by atoms with Crippen LogP contribution < -0.4 is 0 Å². The van der Waals surface area contributed by atoms with Crippen molar-refractivity contribution in [2.75, 3.05) is 26.2 Å². The van der Waals surface area contributed by atoms with E-state index in [0.717, 1.165) is 12.0 Å². The number of carbonyl (C=O) groups excluding carboxylic acids is 2. The fraction of sp³-hybridized carbons (Fsp3) is 0.529. The molecular formula is C17H21ClN2O3. The van der Waals surface area contributed by atoms with E-state index >= 15 is 0 Å². The summed E-state index contributed by atoms with van der Waals surface area (Å²) in [7, 11) is 0. The number of hydrogen-bond donors (Lipinski definition) is 0. The van der Waals surface area contributed by atoms with E-state index in [2.05, 4.69) is 0 Å². The smallest absolute Gasteiger partial charge is 0.227 e. The van der Waals surface area contributed by atoms with Crippen molar-refractivity contribution in [3.8, 4) is 0 Å². The molecular weight excluding hydrogens is 316 g/mol. The van der Waals surface area contributed by atoms with Gasteiger partial charge in [0.25, 0.3) is 0 Å². The number of nitrogens with zero attached hydrogens (tertiary/aromatic N) is 2. The van der Waals surface area contributed by atoms with Gasteiger partial charge in [-0.1, -0.05) is 29.8 Å². The lowest BCUT2D eigenvalue weighted by atomic mass is 9.98. The Bertz CT molecular complexity index is 607. The topological polar surface area (TPSA) is 49.9 Å². The van der Waals surface area contributed by atoms with Gasteiger partial charge in [0.2, 0.25) is 11.8 Å². The van der Waals surface area contributed by atoms with Crippen LogP contribution in [0.15, 0.2) is 24.3 Å². The number of carbonyl (C=O) groups is 2. The van der Waals surface area contributed by atoms with Gasteiger partial charge in [-0.3, -0.25) is 9.59 Å². The minimum Gasteiger partial charge on any atom is -0.374 e. The van der Waals surface area contributed by atoms with Gasteiger partial charge >= 0.3 is 0 Å². The van der Waals surface area contributed by atoms with Crippen LogP contribution in [-0.2, 0) is 20.7 Å². The average molecular weight is 337 g/mol. The zero-order valence-electron chi connectivity index (χ0n) is 13.2. The second kappa shape index (κ2) is 6.89. The van der Waals surface area contributed by atoms with Crippen molar-refractivity contribution in [1.29, 1.82) is 0 Å². The summed E-state index contributed by atoms with van der Waals surface area (Å²) in [5, 5.41) is 0.613. The van der Waals surface area contributed by atoms with Crippen LogP contribution in [0.3, 0.4) is 0 Å². The highest BCUT2D eigenvalue weighted by Gasteiger charge is 2.39. The van der Waals surface area contributed by atoms with E-state index in [0.29, 0.717) is 31.3 Å². The zero-order chi connectivity index (χ0) is 16.4. The van der Waals surface area contributed by atoms with E-state index in [1.54, 1.807) is 13.0 Å². The Labute approximate surface area is 141 Å². The summed E-state index contributed by atoms with van der Waals surface area (Å²) in [6.07, 6.45) is 1.10. The summed E-state index contributed by atoms with van der Waals surface area (Å²) in [5.41, 5.74) is 0.838. The van der Waals surface area contributed by atoms with Crippen LogP contribution in [0.5, 0.6) is 0 Å². The molecule has 2 heterocycles. The Morgan fingerprint density at radius 3 is 2.83 bits per heavy atom. The van der Waals surface area contributed by atoms with Gasteiger partial charge < -0.3 is 14.5 Å². The summed E-state index contributed by atoms with van der Waals surface area (Å²) >= 11 is 6.14. The molecule has 5 nitrogen and oxygen atoms in total. The fourth-order valence-corrected chi connectivity index (χ4v) is 3.61. The molecule has 3 rings (SSSR count). The molecule has 1 aromatic rings. The van der Waals surface area contributed by atoms with Crippen molar-refractivity contribution < 1.29 is 14.3 Å². The summed E-state index contributed by atoms with van der Waals surface area (Å²) in [4.78, 5) is 28.1. The summed E-state index contributed by atoms with van der Waals surface area (Å²) in [5.74, 6) is 0.0920. The van der Waals surface area contributed by atoms with E-state index < -0.39 is 0 Å². The molecule has 2 atom stereocenters. The number of ether oxygens (including phenoxy) is 1. The van der Waals surface area contributed by atoms with Gasteiger partial charge in [-0.2, -0.15) is 0 Å². The number of likely N-dealkylation sites (tertiary alicyclic amines) is 1. The van der Waals surface area contributed by atoms with Crippen LogP contribution in [0.25, 0.3) is 0 Å². The summed E-state index contributed by atoms with van der Waals surface area (Å²) < 4.78 is 5.77. The van der Waals surface area contributed by atoms with Gasteiger partial charge in [0, 0.05) is 31.6 Å². The molecule has 0 radical (unpaired) electrons. The Balaban J connectivity index is 1.68.